The maximum absolute atomic E-state index is 13.0. The van der Waals surface area contributed by atoms with Crippen molar-refractivity contribution in [3.8, 4) is 0 Å². The second kappa shape index (κ2) is 11.9. The average molecular weight is 534 g/mol. The lowest BCUT2D eigenvalue weighted by atomic mass is 9.99. The number of hydrogen-bond acceptors (Lipinski definition) is 7. The highest BCUT2D eigenvalue weighted by atomic mass is 16.6. The van der Waals surface area contributed by atoms with Gasteiger partial charge in [-0.25, -0.2) is 4.79 Å². The smallest absolute Gasteiger partial charge is 0.410 e. The Balaban J connectivity index is 0.00000420. The summed E-state index contributed by atoms with van der Waals surface area (Å²) in [5, 5.41) is 13.9. The Morgan fingerprint density at radius 1 is 1.05 bits per heavy atom. The third-order valence-corrected chi connectivity index (χ3v) is 6.04. The highest BCUT2D eigenvalue weighted by Crippen LogP contribution is 2.24. The summed E-state index contributed by atoms with van der Waals surface area (Å²) in [6, 6.07) is 18.9. The zero-order chi connectivity index (χ0) is 27.4. The van der Waals surface area contributed by atoms with Crippen LogP contribution in [-0.2, 0) is 27.4 Å². The molecule has 5 N–H and O–H groups in total. The number of aromatic nitrogens is 3. The number of carbonyl (C=O) groups excluding carboxylic acids is 3. The number of hydrogen-bond donors (Lipinski definition) is 3. The summed E-state index contributed by atoms with van der Waals surface area (Å²) in [5.41, 5.74) is 12.2. The van der Waals surface area contributed by atoms with Gasteiger partial charge in [0.2, 0.25) is 11.8 Å². The number of carbonyl (C=O) groups is 3. The van der Waals surface area contributed by atoms with Gasteiger partial charge in [-0.05, 0) is 48.7 Å². The first kappa shape index (κ1) is 29.1. The number of nitrogens with one attached hydrogen (secondary N) is 1. The van der Waals surface area contributed by atoms with Crippen LogP contribution in [0.3, 0.4) is 0 Å². The molecule has 11 nitrogen and oxygen atoms in total. The minimum Gasteiger partial charge on any atom is -0.443 e. The van der Waals surface area contributed by atoms with Gasteiger partial charge in [0.05, 0.1) is 17.3 Å². The predicted octanol–water partition coefficient (Wildman–Crippen LogP) is 2.71. The molecule has 206 valence electrons. The van der Waals surface area contributed by atoms with Gasteiger partial charge in [-0.3, -0.25) is 14.0 Å². The number of fused-ring (bicyclic) bond motifs is 2. The first-order valence-corrected chi connectivity index (χ1v) is 12.1. The molecule has 0 aliphatic heterocycles. The summed E-state index contributed by atoms with van der Waals surface area (Å²) >= 11 is 0. The Morgan fingerprint density at radius 2 is 1.77 bits per heavy atom. The van der Waals surface area contributed by atoms with Crippen LogP contribution >= 0.6 is 0 Å². The molecule has 0 unspecified atom stereocenters. The molecular formula is C28H35N7O4. The molecule has 0 saturated heterocycles. The molecule has 0 radical (unpaired) electrons. The van der Waals surface area contributed by atoms with Crippen molar-refractivity contribution in [2.45, 2.75) is 45.9 Å². The van der Waals surface area contributed by atoms with Crippen molar-refractivity contribution in [1.29, 1.82) is 0 Å². The van der Waals surface area contributed by atoms with Gasteiger partial charge in [-0.2, -0.15) is 0 Å². The van der Waals surface area contributed by atoms with Crippen molar-refractivity contribution in [2.24, 2.45) is 11.5 Å². The highest BCUT2D eigenvalue weighted by Gasteiger charge is 2.28. The van der Waals surface area contributed by atoms with Crippen LogP contribution in [0, 0.1) is 0 Å². The van der Waals surface area contributed by atoms with Crippen LogP contribution < -0.4 is 16.8 Å². The van der Waals surface area contributed by atoms with Gasteiger partial charge in [0.25, 0.3) is 0 Å². The van der Waals surface area contributed by atoms with Crippen LogP contribution in [0.1, 0.15) is 44.4 Å². The van der Waals surface area contributed by atoms with Gasteiger partial charge in [0.1, 0.15) is 13.2 Å². The number of likely N-dealkylation sites (N-methyl/N-ethyl adjacent to an activating group) is 1. The standard InChI is InChI=1S/C27H31N7O4.CH4/c1-27(2,29)25(36)30-21(14-17-11-12-18-7-4-5-8-19(18)13-17)24-32-31-23-10-6-9-20(34(23)24)16-38-26(37)33(3)15-22(28)35;/h4-13,21H,14-16,29H2,1-3H3,(H2,28,35)(H,30,36);1H4/t21-;/m1./s1. The summed E-state index contributed by atoms with van der Waals surface area (Å²) in [7, 11) is 1.42. The second-order valence-corrected chi connectivity index (χ2v) is 9.78. The second-order valence-electron chi connectivity index (χ2n) is 9.78. The Labute approximate surface area is 227 Å². The molecule has 0 bridgehead atoms. The Hall–Kier alpha value is -4.51. The van der Waals surface area contributed by atoms with Crippen LogP contribution in [0.25, 0.3) is 16.4 Å². The normalized spacial score (nSPS) is 12.0. The molecule has 0 fully saturated rings. The molecule has 1 atom stereocenters. The number of ether oxygens (including phenoxy) is 1. The number of benzene rings is 2. The zero-order valence-electron chi connectivity index (χ0n) is 21.5. The number of amides is 3. The monoisotopic (exact) mass is 533 g/mol. The van der Waals surface area contributed by atoms with E-state index in [0.717, 1.165) is 21.2 Å². The quantitative estimate of drug-likeness (QED) is 0.298. The molecule has 3 amide bonds. The number of nitrogens with two attached hydrogens (primary N) is 2. The van der Waals surface area contributed by atoms with E-state index < -0.39 is 23.6 Å². The summed E-state index contributed by atoms with van der Waals surface area (Å²) in [4.78, 5) is 37.5. The van der Waals surface area contributed by atoms with E-state index in [-0.39, 0.29) is 26.5 Å². The molecule has 4 aromatic rings. The molecular weight excluding hydrogens is 498 g/mol. The maximum Gasteiger partial charge on any atom is 0.410 e. The molecule has 2 aromatic heterocycles. The van der Waals surface area contributed by atoms with Gasteiger partial charge in [0, 0.05) is 7.05 Å². The fraction of sp³-hybridized carbons (Fsp3) is 0.321. The van der Waals surface area contributed by atoms with Gasteiger partial charge in [-0.15, -0.1) is 10.2 Å². The summed E-state index contributed by atoms with van der Waals surface area (Å²) in [6.45, 7) is 2.87. The van der Waals surface area contributed by atoms with Gasteiger partial charge in [0.15, 0.2) is 11.5 Å². The average Bonchev–Trinajstić information content (AvgIpc) is 3.30. The first-order valence-electron chi connectivity index (χ1n) is 12.1. The van der Waals surface area contributed by atoms with E-state index in [0.29, 0.717) is 23.6 Å². The number of rotatable bonds is 9. The van der Waals surface area contributed by atoms with Crippen LogP contribution in [0.5, 0.6) is 0 Å². The molecule has 39 heavy (non-hydrogen) atoms. The summed E-state index contributed by atoms with van der Waals surface area (Å²) in [5.74, 6) is -0.539. The lowest BCUT2D eigenvalue weighted by molar-refractivity contribution is -0.126. The molecule has 2 heterocycles. The molecule has 0 saturated carbocycles. The Kier molecular flexibility index (Phi) is 8.87. The first-order chi connectivity index (χ1) is 18.0. The van der Waals surface area contributed by atoms with Crippen molar-refractivity contribution in [3.05, 3.63) is 77.7 Å². The fourth-order valence-corrected chi connectivity index (χ4v) is 4.07. The summed E-state index contributed by atoms with van der Waals surface area (Å²) < 4.78 is 7.15. The Bertz CT molecular complexity index is 1490. The number of pyridine rings is 1. The van der Waals surface area contributed by atoms with E-state index in [2.05, 4.69) is 21.6 Å². The lowest BCUT2D eigenvalue weighted by Crippen LogP contribution is -2.50. The van der Waals surface area contributed by atoms with E-state index in [1.165, 1.54) is 7.05 Å². The van der Waals surface area contributed by atoms with E-state index in [1.54, 1.807) is 36.4 Å². The number of primary amides is 1. The maximum atomic E-state index is 13.0. The van der Waals surface area contributed by atoms with Gasteiger partial charge in [-0.1, -0.05) is 56.0 Å². The minimum absolute atomic E-state index is 0. The fourth-order valence-electron chi connectivity index (χ4n) is 4.07. The third-order valence-electron chi connectivity index (χ3n) is 6.04. The van der Waals surface area contributed by atoms with E-state index in [4.69, 9.17) is 16.2 Å². The summed E-state index contributed by atoms with van der Waals surface area (Å²) in [6.07, 6.45) is -0.288. The topological polar surface area (TPSA) is 158 Å². The highest BCUT2D eigenvalue weighted by molar-refractivity contribution is 5.85. The van der Waals surface area contributed by atoms with Crippen LogP contribution in [-0.4, -0.2) is 56.5 Å². The lowest BCUT2D eigenvalue weighted by Gasteiger charge is -2.24. The van der Waals surface area contributed by atoms with Crippen LogP contribution in [0.2, 0.25) is 0 Å². The van der Waals surface area contributed by atoms with Gasteiger partial charge < -0.3 is 26.4 Å². The largest absolute Gasteiger partial charge is 0.443 e. The zero-order valence-corrected chi connectivity index (χ0v) is 21.5. The molecule has 0 aliphatic carbocycles. The SMILES string of the molecule is C.CN(CC(N)=O)C(=O)OCc1cccc2nnc([C@@H](Cc3ccc4ccccc4c3)NC(=O)C(C)(C)N)n12. The molecule has 0 spiro atoms. The van der Waals surface area contributed by atoms with Crippen molar-refractivity contribution < 1.29 is 19.1 Å². The van der Waals surface area contributed by atoms with Crippen LogP contribution in [0.15, 0.2) is 60.7 Å². The molecule has 11 heteroatoms. The minimum atomic E-state index is -1.12. The van der Waals surface area contributed by atoms with Crippen molar-refractivity contribution >= 4 is 34.3 Å². The van der Waals surface area contributed by atoms with E-state index in [9.17, 15) is 14.4 Å². The van der Waals surface area contributed by atoms with Crippen molar-refractivity contribution in [1.82, 2.24) is 24.8 Å². The van der Waals surface area contributed by atoms with Crippen molar-refractivity contribution in [2.75, 3.05) is 13.6 Å². The third kappa shape index (κ3) is 6.88. The molecule has 4 rings (SSSR count). The van der Waals surface area contributed by atoms with Crippen molar-refractivity contribution in [3.63, 3.8) is 0 Å². The predicted molar refractivity (Wildman–Crippen MR) is 149 cm³/mol. The van der Waals surface area contributed by atoms with Crippen LogP contribution in [0.4, 0.5) is 4.79 Å². The molecule has 2 aromatic carbocycles. The Morgan fingerprint density at radius 3 is 2.46 bits per heavy atom. The molecule has 0 aliphatic rings. The number of nitrogens with zero attached hydrogens (tertiary/aromatic N) is 4. The van der Waals surface area contributed by atoms with E-state index >= 15 is 0 Å². The van der Waals surface area contributed by atoms with Gasteiger partial charge >= 0.3 is 6.09 Å². The van der Waals surface area contributed by atoms with E-state index in [1.807, 2.05) is 36.4 Å².